The van der Waals surface area contributed by atoms with E-state index in [-0.39, 0.29) is 23.0 Å². The molecular weight excluding hydrogens is 432 g/mol. The van der Waals surface area contributed by atoms with Crippen LogP contribution in [0.5, 0.6) is 0 Å². The van der Waals surface area contributed by atoms with Crippen LogP contribution >= 0.6 is 11.6 Å². The van der Waals surface area contributed by atoms with Gasteiger partial charge in [-0.25, -0.2) is 0 Å². The summed E-state index contributed by atoms with van der Waals surface area (Å²) in [4.78, 5) is 26.4. The lowest BCUT2D eigenvalue weighted by Gasteiger charge is -2.34. The molecule has 0 aromatic heterocycles. The molecule has 0 amide bonds. The maximum atomic E-state index is 13.4. The fourth-order valence-electron chi connectivity index (χ4n) is 4.78. The molecular formula is C28H25ClN2O2. The Kier molecular flexibility index (Phi) is 5.34. The van der Waals surface area contributed by atoms with Gasteiger partial charge < -0.3 is 10.6 Å². The van der Waals surface area contributed by atoms with Gasteiger partial charge in [0.25, 0.3) is 0 Å². The van der Waals surface area contributed by atoms with Gasteiger partial charge in [0.05, 0.1) is 17.4 Å². The third-order valence-corrected chi connectivity index (χ3v) is 6.67. The first-order chi connectivity index (χ1) is 15.8. The highest BCUT2D eigenvalue weighted by Gasteiger charge is 2.39. The molecule has 0 radical (unpaired) electrons. The van der Waals surface area contributed by atoms with E-state index in [1.807, 2.05) is 72.8 Å². The normalized spacial score (nSPS) is 19.0. The lowest BCUT2D eigenvalue weighted by molar-refractivity contribution is -0.118. The van der Waals surface area contributed by atoms with Crippen molar-refractivity contribution >= 4 is 34.5 Å². The van der Waals surface area contributed by atoms with Crippen molar-refractivity contribution in [2.75, 3.05) is 10.6 Å². The third-order valence-electron chi connectivity index (χ3n) is 6.33. The maximum Gasteiger partial charge on any atom is 0.193 e. The molecule has 1 aliphatic heterocycles. The van der Waals surface area contributed by atoms with Crippen molar-refractivity contribution in [2.24, 2.45) is 5.41 Å². The number of carbonyl (C=O) groups is 2. The predicted molar refractivity (Wildman–Crippen MR) is 133 cm³/mol. The molecule has 3 aromatic rings. The van der Waals surface area contributed by atoms with Crippen LogP contribution in [0.25, 0.3) is 0 Å². The van der Waals surface area contributed by atoms with Crippen molar-refractivity contribution < 1.29 is 9.59 Å². The molecule has 0 spiro atoms. The van der Waals surface area contributed by atoms with Gasteiger partial charge in [0.1, 0.15) is 0 Å². The van der Waals surface area contributed by atoms with Gasteiger partial charge in [-0.3, -0.25) is 9.59 Å². The number of hydrogen-bond donors (Lipinski definition) is 2. The number of benzene rings is 3. The van der Waals surface area contributed by atoms with Crippen LogP contribution in [0.2, 0.25) is 5.02 Å². The molecule has 4 nitrogen and oxygen atoms in total. The van der Waals surface area contributed by atoms with E-state index in [0.29, 0.717) is 22.6 Å². The minimum atomic E-state index is -0.373. The average molecular weight is 457 g/mol. The van der Waals surface area contributed by atoms with E-state index < -0.39 is 0 Å². The van der Waals surface area contributed by atoms with Crippen LogP contribution in [0.4, 0.5) is 11.4 Å². The first kappa shape index (κ1) is 21.5. The van der Waals surface area contributed by atoms with E-state index in [4.69, 9.17) is 11.6 Å². The minimum absolute atomic E-state index is 0.0404. The summed E-state index contributed by atoms with van der Waals surface area (Å²) in [6.45, 7) is 4.21. The summed E-state index contributed by atoms with van der Waals surface area (Å²) in [7, 11) is 0. The summed E-state index contributed by atoms with van der Waals surface area (Å²) in [5.74, 6) is 0.0703. The second kappa shape index (κ2) is 8.20. The Morgan fingerprint density at radius 2 is 1.64 bits per heavy atom. The summed E-state index contributed by atoms with van der Waals surface area (Å²) < 4.78 is 0. The molecule has 1 aliphatic carbocycles. The van der Waals surface area contributed by atoms with E-state index in [1.165, 1.54) is 0 Å². The Morgan fingerprint density at radius 3 is 2.39 bits per heavy atom. The standard InChI is InChI=1S/C28H25ClN2O2/c1-28(2)15-23-25(24(32)16-28)26(19-10-6-7-11-20(19)29)31-21-13-12-18(14-22(21)30-23)27(33)17-8-4-3-5-9-17/h3-14,26,30-31H,15-16H2,1-2H3. The van der Waals surface area contributed by atoms with Crippen molar-refractivity contribution in [1.82, 2.24) is 0 Å². The van der Waals surface area contributed by atoms with Gasteiger partial charge in [0.2, 0.25) is 0 Å². The number of halogens is 1. The second-order valence-corrected chi connectivity index (χ2v) is 9.92. The van der Waals surface area contributed by atoms with Gasteiger partial charge >= 0.3 is 0 Å². The number of Topliss-reactive ketones (excluding diaryl/α,β-unsaturated/α-hetero) is 1. The number of fused-ring (bicyclic) bond motifs is 1. The number of ketones is 2. The molecule has 166 valence electrons. The SMILES string of the molecule is CC1(C)CC(=O)C2=C(C1)Nc1cc(C(=O)c3ccccc3)ccc1NC2c1ccccc1Cl. The summed E-state index contributed by atoms with van der Waals surface area (Å²) in [5, 5.41) is 7.67. The Hall–Kier alpha value is -3.37. The molecule has 0 saturated carbocycles. The third kappa shape index (κ3) is 4.07. The van der Waals surface area contributed by atoms with E-state index in [2.05, 4.69) is 24.5 Å². The fraction of sp³-hybridized carbons (Fsp3) is 0.214. The minimum Gasteiger partial charge on any atom is -0.372 e. The number of nitrogens with one attached hydrogen (secondary N) is 2. The monoisotopic (exact) mass is 456 g/mol. The quantitative estimate of drug-likeness (QED) is 0.426. The van der Waals surface area contributed by atoms with Gasteiger partial charge in [-0.15, -0.1) is 0 Å². The highest BCUT2D eigenvalue weighted by molar-refractivity contribution is 6.31. The molecule has 3 aromatic carbocycles. The first-order valence-corrected chi connectivity index (χ1v) is 11.5. The van der Waals surface area contributed by atoms with Crippen LogP contribution < -0.4 is 10.6 Å². The predicted octanol–water partition coefficient (Wildman–Crippen LogP) is 6.79. The summed E-state index contributed by atoms with van der Waals surface area (Å²) in [5.41, 5.74) is 5.14. The number of hydrogen-bond acceptors (Lipinski definition) is 4. The van der Waals surface area contributed by atoms with Gasteiger partial charge in [-0.05, 0) is 41.7 Å². The second-order valence-electron chi connectivity index (χ2n) is 9.51. The molecule has 0 saturated heterocycles. The number of anilines is 2. The van der Waals surface area contributed by atoms with E-state index in [1.54, 1.807) is 0 Å². The zero-order valence-electron chi connectivity index (χ0n) is 18.6. The molecule has 1 atom stereocenters. The molecule has 33 heavy (non-hydrogen) atoms. The Bertz CT molecular complexity index is 1290. The number of carbonyl (C=O) groups excluding carboxylic acids is 2. The molecule has 0 bridgehead atoms. The van der Waals surface area contributed by atoms with Crippen LogP contribution in [0, 0.1) is 5.41 Å². The maximum absolute atomic E-state index is 13.4. The average Bonchev–Trinajstić information content (AvgIpc) is 2.94. The van der Waals surface area contributed by atoms with Gasteiger partial charge in [0.15, 0.2) is 11.6 Å². The van der Waals surface area contributed by atoms with Gasteiger partial charge in [-0.2, -0.15) is 0 Å². The molecule has 2 aliphatic rings. The highest BCUT2D eigenvalue weighted by Crippen LogP contribution is 2.46. The van der Waals surface area contributed by atoms with Crippen LogP contribution in [-0.2, 0) is 4.79 Å². The van der Waals surface area contributed by atoms with E-state index in [0.717, 1.165) is 34.6 Å². The lowest BCUT2D eigenvalue weighted by atomic mass is 9.73. The largest absolute Gasteiger partial charge is 0.372 e. The van der Waals surface area contributed by atoms with Crippen LogP contribution in [0.3, 0.4) is 0 Å². The molecule has 2 N–H and O–H groups in total. The summed E-state index contributed by atoms with van der Waals surface area (Å²) in [6, 6.07) is 22.1. The van der Waals surface area contributed by atoms with Crippen molar-refractivity contribution in [2.45, 2.75) is 32.7 Å². The Labute approximate surface area is 198 Å². The zero-order valence-corrected chi connectivity index (χ0v) is 19.4. The first-order valence-electron chi connectivity index (χ1n) is 11.1. The van der Waals surface area contributed by atoms with Crippen LogP contribution in [0.15, 0.2) is 84.1 Å². The van der Waals surface area contributed by atoms with Crippen LogP contribution in [0.1, 0.15) is 54.2 Å². The van der Waals surface area contributed by atoms with Crippen molar-refractivity contribution in [3.8, 4) is 0 Å². The molecule has 0 fully saturated rings. The highest BCUT2D eigenvalue weighted by atomic mass is 35.5. The van der Waals surface area contributed by atoms with E-state index in [9.17, 15) is 9.59 Å². The van der Waals surface area contributed by atoms with Gasteiger partial charge in [-0.1, -0.05) is 74.0 Å². The van der Waals surface area contributed by atoms with Crippen LogP contribution in [-0.4, -0.2) is 11.6 Å². The topological polar surface area (TPSA) is 58.2 Å². The smallest absolute Gasteiger partial charge is 0.193 e. The van der Waals surface area contributed by atoms with Crippen molar-refractivity contribution in [1.29, 1.82) is 0 Å². The molecule has 5 rings (SSSR count). The fourth-order valence-corrected chi connectivity index (χ4v) is 5.03. The number of allylic oxidation sites excluding steroid dienone is 1. The van der Waals surface area contributed by atoms with Gasteiger partial charge in [0, 0.05) is 33.8 Å². The van der Waals surface area contributed by atoms with Crippen molar-refractivity contribution in [3.05, 3.63) is 106 Å². The van der Waals surface area contributed by atoms with E-state index >= 15 is 0 Å². The number of rotatable bonds is 3. The molecule has 1 heterocycles. The van der Waals surface area contributed by atoms with Crippen molar-refractivity contribution in [3.63, 3.8) is 0 Å². The molecule has 5 heteroatoms. The Morgan fingerprint density at radius 1 is 0.909 bits per heavy atom. The summed E-state index contributed by atoms with van der Waals surface area (Å²) in [6.07, 6.45) is 1.21. The lowest BCUT2D eigenvalue weighted by Crippen LogP contribution is -2.31. The zero-order chi connectivity index (χ0) is 23.2. The summed E-state index contributed by atoms with van der Waals surface area (Å²) >= 11 is 6.57. The Balaban J connectivity index is 1.63. The molecule has 1 unspecified atom stereocenters.